The number of hydrogen-bond acceptors (Lipinski definition) is 4. The van der Waals surface area contributed by atoms with E-state index in [1.54, 1.807) is 4.31 Å². The van der Waals surface area contributed by atoms with Gasteiger partial charge in [-0.3, -0.25) is 4.90 Å². The number of piperidine rings is 1. The number of likely N-dealkylation sites (tertiary alicyclic amines) is 1. The minimum Gasteiger partial charge on any atom is -0.348 e. The standard InChI is InChI=1S/C25H27N3O2S/c1-31(29,30)28-17-27(22-10-2-3-11-23(22)28)20-12-14-26(15-13-20)24-16-19-8-4-6-18-7-5-9-21(24)25(18)19/h2-11,20,24H,12-17H2,1H3/t24-/m1/s1. The van der Waals surface area contributed by atoms with Gasteiger partial charge >= 0.3 is 0 Å². The summed E-state index contributed by atoms with van der Waals surface area (Å²) in [5, 5.41) is 2.80. The lowest BCUT2D eigenvalue weighted by Gasteiger charge is -2.40. The second kappa shape index (κ2) is 6.97. The minimum absolute atomic E-state index is 0.365. The van der Waals surface area contributed by atoms with Crippen molar-refractivity contribution in [2.24, 2.45) is 0 Å². The van der Waals surface area contributed by atoms with Crippen molar-refractivity contribution in [3.05, 3.63) is 71.8 Å². The van der Waals surface area contributed by atoms with E-state index in [1.165, 1.54) is 28.2 Å². The van der Waals surface area contributed by atoms with Crippen LogP contribution in [0.15, 0.2) is 60.7 Å². The highest BCUT2D eigenvalue weighted by atomic mass is 32.2. The lowest BCUT2D eigenvalue weighted by atomic mass is 9.98. The van der Waals surface area contributed by atoms with Crippen LogP contribution < -0.4 is 9.21 Å². The molecule has 2 aliphatic heterocycles. The van der Waals surface area contributed by atoms with Gasteiger partial charge in [-0.15, -0.1) is 0 Å². The molecule has 0 spiro atoms. The van der Waals surface area contributed by atoms with Crippen molar-refractivity contribution in [3.8, 4) is 0 Å². The number of sulfonamides is 1. The van der Waals surface area contributed by atoms with Crippen molar-refractivity contribution in [2.75, 3.05) is 35.2 Å². The molecule has 3 aromatic carbocycles. The Kier molecular flexibility index (Phi) is 4.30. The Hall–Kier alpha value is -2.57. The summed E-state index contributed by atoms with van der Waals surface area (Å²) < 4.78 is 26.2. The highest BCUT2D eigenvalue weighted by Crippen LogP contribution is 2.43. The summed E-state index contributed by atoms with van der Waals surface area (Å²) >= 11 is 0. The van der Waals surface area contributed by atoms with E-state index >= 15 is 0 Å². The largest absolute Gasteiger partial charge is 0.348 e. The summed E-state index contributed by atoms with van der Waals surface area (Å²) in [6.45, 7) is 2.51. The molecule has 31 heavy (non-hydrogen) atoms. The maximum absolute atomic E-state index is 12.3. The highest BCUT2D eigenvalue weighted by Gasteiger charge is 2.38. The van der Waals surface area contributed by atoms with Gasteiger partial charge in [0.2, 0.25) is 10.0 Å². The molecular weight excluding hydrogens is 406 g/mol. The zero-order valence-electron chi connectivity index (χ0n) is 17.7. The van der Waals surface area contributed by atoms with Crippen LogP contribution >= 0.6 is 0 Å². The summed E-state index contributed by atoms with van der Waals surface area (Å²) in [5.74, 6) is 0. The van der Waals surface area contributed by atoms with E-state index in [9.17, 15) is 8.42 Å². The zero-order chi connectivity index (χ0) is 21.2. The fourth-order valence-corrected chi connectivity index (χ4v) is 6.70. The van der Waals surface area contributed by atoms with Gasteiger partial charge in [0, 0.05) is 25.2 Å². The van der Waals surface area contributed by atoms with Crippen LogP contribution in [0.4, 0.5) is 11.4 Å². The van der Waals surface area contributed by atoms with Crippen molar-refractivity contribution in [1.29, 1.82) is 0 Å². The fraction of sp³-hybridized carbons (Fsp3) is 0.360. The van der Waals surface area contributed by atoms with Crippen LogP contribution in [0.3, 0.4) is 0 Å². The fourth-order valence-electron chi connectivity index (χ4n) is 5.86. The quantitative estimate of drug-likeness (QED) is 0.623. The second-order valence-electron chi connectivity index (χ2n) is 9.06. The average molecular weight is 434 g/mol. The van der Waals surface area contributed by atoms with E-state index in [0.29, 0.717) is 18.8 Å². The van der Waals surface area contributed by atoms with Crippen molar-refractivity contribution < 1.29 is 8.42 Å². The van der Waals surface area contributed by atoms with Crippen LogP contribution in [0.25, 0.3) is 10.8 Å². The van der Waals surface area contributed by atoms with Gasteiger partial charge in [0.25, 0.3) is 0 Å². The second-order valence-corrected chi connectivity index (χ2v) is 11.0. The predicted molar refractivity (Wildman–Crippen MR) is 126 cm³/mol. The summed E-state index contributed by atoms with van der Waals surface area (Å²) in [7, 11) is -3.28. The zero-order valence-corrected chi connectivity index (χ0v) is 18.6. The number of fused-ring (bicyclic) bond motifs is 1. The highest BCUT2D eigenvalue weighted by molar-refractivity contribution is 7.92. The molecule has 1 atom stereocenters. The van der Waals surface area contributed by atoms with E-state index in [0.717, 1.165) is 43.7 Å². The first-order chi connectivity index (χ1) is 15.0. The lowest BCUT2D eigenvalue weighted by Crippen LogP contribution is -2.47. The molecule has 5 nitrogen and oxygen atoms in total. The molecular formula is C25H27N3O2S. The molecule has 1 fully saturated rings. The maximum atomic E-state index is 12.3. The summed E-state index contributed by atoms with van der Waals surface area (Å²) in [6, 6.07) is 22.1. The molecule has 6 rings (SSSR count). The normalized spacial score (nSPS) is 21.8. The van der Waals surface area contributed by atoms with Crippen molar-refractivity contribution in [3.63, 3.8) is 0 Å². The number of para-hydroxylation sites is 2. The topological polar surface area (TPSA) is 43.9 Å². The smallest absolute Gasteiger partial charge is 0.233 e. The Balaban J connectivity index is 1.22. The van der Waals surface area contributed by atoms with Gasteiger partial charge in [-0.2, -0.15) is 0 Å². The van der Waals surface area contributed by atoms with Crippen LogP contribution in [0.5, 0.6) is 0 Å². The van der Waals surface area contributed by atoms with Gasteiger partial charge in [-0.05, 0) is 53.3 Å². The Morgan fingerprint density at radius 3 is 2.32 bits per heavy atom. The lowest BCUT2D eigenvalue weighted by molar-refractivity contribution is 0.153. The molecule has 0 aromatic heterocycles. The van der Waals surface area contributed by atoms with Crippen LogP contribution in [-0.4, -0.2) is 45.4 Å². The number of nitrogens with zero attached hydrogens (tertiary/aromatic N) is 3. The molecule has 0 amide bonds. The van der Waals surface area contributed by atoms with Gasteiger partial charge < -0.3 is 4.90 Å². The molecule has 3 aromatic rings. The maximum Gasteiger partial charge on any atom is 0.233 e. The van der Waals surface area contributed by atoms with Gasteiger partial charge in [0.05, 0.1) is 17.6 Å². The third-order valence-electron chi connectivity index (χ3n) is 7.32. The Bertz CT molecular complexity index is 1260. The van der Waals surface area contributed by atoms with E-state index in [-0.39, 0.29) is 0 Å². The van der Waals surface area contributed by atoms with Crippen molar-refractivity contribution >= 4 is 32.2 Å². The van der Waals surface area contributed by atoms with Gasteiger partial charge in [-0.25, -0.2) is 12.7 Å². The van der Waals surface area contributed by atoms with Crippen LogP contribution in [0.2, 0.25) is 0 Å². The molecule has 0 unspecified atom stereocenters. The SMILES string of the molecule is CS(=O)(=O)N1CN(C2CCN([C@@H]3Cc4cccc5cccc3c45)CC2)c2ccccc21. The molecule has 0 radical (unpaired) electrons. The molecule has 0 saturated carbocycles. The monoisotopic (exact) mass is 433 g/mol. The predicted octanol–water partition coefficient (Wildman–Crippen LogP) is 4.15. The summed E-state index contributed by atoms with van der Waals surface area (Å²) in [4.78, 5) is 4.94. The Labute approximate surface area is 183 Å². The van der Waals surface area contributed by atoms with Crippen LogP contribution in [0.1, 0.15) is 30.0 Å². The molecule has 1 saturated heterocycles. The third-order valence-corrected chi connectivity index (χ3v) is 8.43. The van der Waals surface area contributed by atoms with Crippen molar-refractivity contribution in [2.45, 2.75) is 31.3 Å². The van der Waals surface area contributed by atoms with Gasteiger partial charge in [0.1, 0.15) is 6.67 Å². The molecule has 2 heterocycles. The average Bonchev–Trinajstić information content (AvgIpc) is 3.35. The van der Waals surface area contributed by atoms with E-state index in [2.05, 4.69) is 52.3 Å². The molecule has 6 heteroatoms. The van der Waals surface area contributed by atoms with Gasteiger partial charge in [-0.1, -0.05) is 48.5 Å². The molecule has 0 N–H and O–H groups in total. The molecule has 160 valence electrons. The van der Waals surface area contributed by atoms with Crippen LogP contribution in [0, 0.1) is 0 Å². The number of rotatable bonds is 3. The van der Waals surface area contributed by atoms with Gasteiger partial charge in [0.15, 0.2) is 0 Å². The Morgan fingerprint density at radius 1 is 0.871 bits per heavy atom. The summed E-state index contributed by atoms with van der Waals surface area (Å²) in [6.07, 6.45) is 4.49. The third kappa shape index (κ3) is 3.04. The molecule has 3 aliphatic rings. The summed E-state index contributed by atoms with van der Waals surface area (Å²) in [5.41, 5.74) is 4.80. The number of anilines is 2. The first-order valence-corrected chi connectivity index (χ1v) is 12.9. The van der Waals surface area contributed by atoms with E-state index in [1.807, 2.05) is 18.2 Å². The number of benzene rings is 3. The number of hydrogen-bond donors (Lipinski definition) is 0. The van der Waals surface area contributed by atoms with Crippen LogP contribution in [-0.2, 0) is 16.4 Å². The molecule has 0 bridgehead atoms. The van der Waals surface area contributed by atoms with E-state index in [4.69, 9.17) is 0 Å². The Morgan fingerprint density at radius 2 is 1.58 bits per heavy atom. The first kappa shape index (κ1) is 19.1. The minimum atomic E-state index is -3.28. The molecule has 1 aliphatic carbocycles. The first-order valence-electron chi connectivity index (χ1n) is 11.1. The van der Waals surface area contributed by atoms with Crippen molar-refractivity contribution in [1.82, 2.24) is 4.90 Å². The van der Waals surface area contributed by atoms with E-state index < -0.39 is 10.0 Å².